The molecule has 0 amide bonds. The summed E-state index contributed by atoms with van der Waals surface area (Å²) >= 11 is 0. The Morgan fingerprint density at radius 3 is 2.41 bits per heavy atom. The summed E-state index contributed by atoms with van der Waals surface area (Å²) in [4.78, 5) is 15.3. The van der Waals surface area contributed by atoms with E-state index in [4.69, 9.17) is 4.74 Å². The van der Waals surface area contributed by atoms with Gasteiger partial charge in [0.2, 0.25) is 0 Å². The van der Waals surface area contributed by atoms with Gasteiger partial charge in [0.15, 0.2) is 5.60 Å². The van der Waals surface area contributed by atoms with Gasteiger partial charge >= 0.3 is 5.97 Å². The van der Waals surface area contributed by atoms with Crippen LogP contribution in [0.5, 0.6) is 0 Å². The smallest absolute Gasteiger partial charge is 0.343 e. The van der Waals surface area contributed by atoms with Crippen LogP contribution in [0.3, 0.4) is 0 Å². The number of carbonyl (C=O) groups is 1. The Bertz CT molecular complexity index is 597. The molecule has 2 rings (SSSR count). The third-order valence-corrected chi connectivity index (χ3v) is 6.06. The minimum absolute atomic E-state index is 0. The molecule has 1 aliphatic carbocycles. The lowest BCUT2D eigenvalue weighted by atomic mass is 9.72. The van der Waals surface area contributed by atoms with E-state index in [2.05, 4.69) is 18.7 Å². The fraction of sp³-hybridized carbons (Fsp3) is 0.682. The molecule has 1 saturated carbocycles. The lowest BCUT2D eigenvalue weighted by Gasteiger charge is -2.38. The summed E-state index contributed by atoms with van der Waals surface area (Å²) in [6.07, 6.45) is 5.04. The Balaban J connectivity index is 0.00000364. The molecule has 4 nitrogen and oxygen atoms in total. The van der Waals surface area contributed by atoms with Gasteiger partial charge in [-0.1, -0.05) is 51.3 Å². The van der Waals surface area contributed by atoms with Crippen LogP contribution in [0.1, 0.15) is 62.6 Å². The van der Waals surface area contributed by atoms with Gasteiger partial charge in [-0.25, -0.2) is 4.79 Å². The summed E-state index contributed by atoms with van der Waals surface area (Å²) in [5.41, 5.74) is 1.26. The van der Waals surface area contributed by atoms with Crippen molar-refractivity contribution in [1.29, 1.82) is 0 Å². The van der Waals surface area contributed by atoms with E-state index in [0.717, 1.165) is 55.5 Å². The lowest BCUT2D eigenvalue weighted by molar-refractivity contribution is -0.176. The van der Waals surface area contributed by atoms with E-state index >= 15 is 0 Å². The number of esters is 1. The van der Waals surface area contributed by atoms with Crippen molar-refractivity contribution in [2.24, 2.45) is 5.92 Å². The maximum atomic E-state index is 13.1. The highest BCUT2D eigenvalue weighted by atomic mass is 35.5. The first kappa shape index (κ1) is 23.9. The Morgan fingerprint density at radius 1 is 1.19 bits per heavy atom. The molecule has 0 aliphatic heterocycles. The first-order chi connectivity index (χ1) is 12.4. The molecule has 0 bridgehead atoms. The van der Waals surface area contributed by atoms with Crippen LogP contribution in [0.25, 0.3) is 0 Å². The zero-order chi connectivity index (χ0) is 19.2. The first-order valence-corrected chi connectivity index (χ1v) is 10.1. The van der Waals surface area contributed by atoms with Gasteiger partial charge in [0, 0.05) is 12.5 Å². The van der Waals surface area contributed by atoms with Crippen LogP contribution in [0, 0.1) is 19.8 Å². The van der Waals surface area contributed by atoms with Gasteiger partial charge in [-0.2, -0.15) is 0 Å². The molecule has 5 heteroatoms. The summed E-state index contributed by atoms with van der Waals surface area (Å²) in [7, 11) is 0. The van der Waals surface area contributed by atoms with Crippen molar-refractivity contribution in [3.05, 3.63) is 34.9 Å². The Kier molecular flexibility index (Phi) is 9.78. The second-order valence-corrected chi connectivity index (χ2v) is 7.51. The second-order valence-electron chi connectivity index (χ2n) is 7.51. The molecular formula is C22H36ClNO3. The van der Waals surface area contributed by atoms with E-state index in [1.54, 1.807) is 0 Å². The van der Waals surface area contributed by atoms with E-state index in [-0.39, 0.29) is 18.3 Å². The van der Waals surface area contributed by atoms with Crippen LogP contribution in [-0.2, 0) is 15.1 Å². The molecule has 0 spiro atoms. The van der Waals surface area contributed by atoms with Gasteiger partial charge in [0.1, 0.15) is 6.61 Å². The molecular weight excluding hydrogens is 362 g/mol. The third-order valence-electron chi connectivity index (χ3n) is 6.06. The zero-order valence-electron chi connectivity index (χ0n) is 17.3. The highest BCUT2D eigenvalue weighted by Gasteiger charge is 2.48. The van der Waals surface area contributed by atoms with Crippen molar-refractivity contribution >= 4 is 18.4 Å². The number of rotatable bonds is 8. The van der Waals surface area contributed by atoms with Crippen LogP contribution in [0.4, 0.5) is 0 Å². The van der Waals surface area contributed by atoms with Crippen LogP contribution >= 0.6 is 12.4 Å². The highest BCUT2D eigenvalue weighted by Crippen LogP contribution is 2.42. The molecule has 1 fully saturated rings. The molecule has 0 heterocycles. The second kappa shape index (κ2) is 11.0. The summed E-state index contributed by atoms with van der Waals surface area (Å²) in [5, 5.41) is 11.7. The minimum atomic E-state index is -1.54. The van der Waals surface area contributed by atoms with Crippen LogP contribution in [0.2, 0.25) is 0 Å². The Labute approximate surface area is 170 Å². The monoisotopic (exact) mass is 397 g/mol. The number of benzene rings is 1. The molecule has 1 aromatic rings. The predicted octanol–water partition coefficient (Wildman–Crippen LogP) is 4.38. The van der Waals surface area contributed by atoms with Crippen molar-refractivity contribution in [3.8, 4) is 0 Å². The van der Waals surface area contributed by atoms with Gasteiger partial charge in [-0.3, -0.25) is 0 Å². The quantitative estimate of drug-likeness (QED) is 0.661. The SMILES string of the molecule is CCN(CC)CCOC(=O)C(O)(c1cccc(C)c1C)C1CCCCC1.Cl. The molecule has 27 heavy (non-hydrogen) atoms. The number of ether oxygens (including phenoxy) is 1. The molecule has 1 unspecified atom stereocenters. The largest absolute Gasteiger partial charge is 0.462 e. The lowest BCUT2D eigenvalue weighted by Crippen LogP contribution is -2.46. The number of carbonyl (C=O) groups excluding carboxylic acids is 1. The summed E-state index contributed by atoms with van der Waals surface area (Å²) in [5.74, 6) is -0.553. The van der Waals surface area contributed by atoms with Gasteiger partial charge in [-0.05, 0) is 56.5 Å². The van der Waals surface area contributed by atoms with Crippen LogP contribution in [0.15, 0.2) is 18.2 Å². The Hall–Kier alpha value is -1.10. The van der Waals surface area contributed by atoms with Crippen molar-refractivity contribution in [1.82, 2.24) is 4.90 Å². The summed E-state index contributed by atoms with van der Waals surface area (Å²) < 4.78 is 5.61. The molecule has 1 aliphatic rings. The third kappa shape index (κ3) is 5.46. The van der Waals surface area contributed by atoms with Gasteiger partial charge in [0.25, 0.3) is 0 Å². The average molecular weight is 398 g/mol. The fourth-order valence-electron chi connectivity index (χ4n) is 4.10. The number of hydrogen-bond donors (Lipinski definition) is 1. The number of aliphatic hydroxyl groups is 1. The van der Waals surface area contributed by atoms with E-state index in [0.29, 0.717) is 13.2 Å². The fourth-order valence-corrected chi connectivity index (χ4v) is 4.10. The average Bonchev–Trinajstić information content (AvgIpc) is 2.67. The molecule has 1 aromatic carbocycles. The van der Waals surface area contributed by atoms with Crippen molar-refractivity contribution in [2.45, 2.75) is 65.4 Å². The van der Waals surface area contributed by atoms with E-state index in [1.165, 1.54) is 6.42 Å². The maximum Gasteiger partial charge on any atom is 0.343 e. The number of halogens is 1. The Morgan fingerprint density at radius 2 is 1.81 bits per heavy atom. The predicted molar refractivity (Wildman–Crippen MR) is 112 cm³/mol. The van der Waals surface area contributed by atoms with Crippen molar-refractivity contribution in [3.63, 3.8) is 0 Å². The van der Waals surface area contributed by atoms with Gasteiger partial charge in [0.05, 0.1) is 0 Å². The zero-order valence-corrected chi connectivity index (χ0v) is 18.1. The van der Waals surface area contributed by atoms with Gasteiger partial charge in [-0.15, -0.1) is 12.4 Å². The summed E-state index contributed by atoms with van der Waals surface area (Å²) in [6.45, 7) is 11.1. The summed E-state index contributed by atoms with van der Waals surface area (Å²) in [6, 6.07) is 5.84. The molecule has 154 valence electrons. The number of aryl methyl sites for hydroxylation is 1. The minimum Gasteiger partial charge on any atom is -0.462 e. The van der Waals surface area contributed by atoms with Crippen LogP contribution < -0.4 is 0 Å². The molecule has 1 atom stereocenters. The normalized spacial score (nSPS) is 17.3. The highest BCUT2D eigenvalue weighted by molar-refractivity contribution is 5.85. The van der Waals surface area contributed by atoms with E-state index in [1.807, 2.05) is 32.0 Å². The molecule has 0 aromatic heterocycles. The van der Waals surface area contributed by atoms with E-state index < -0.39 is 11.6 Å². The van der Waals surface area contributed by atoms with Gasteiger partial charge < -0.3 is 14.7 Å². The number of likely N-dealkylation sites (N-methyl/N-ethyl adjacent to an activating group) is 1. The van der Waals surface area contributed by atoms with Crippen LogP contribution in [-0.4, -0.2) is 42.2 Å². The number of hydrogen-bond acceptors (Lipinski definition) is 4. The molecule has 1 N–H and O–H groups in total. The molecule has 0 saturated heterocycles. The maximum absolute atomic E-state index is 13.1. The number of nitrogens with zero attached hydrogens (tertiary/aromatic N) is 1. The van der Waals surface area contributed by atoms with Crippen molar-refractivity contribution < 1.29 is 14.6 Å². The first-order valence-electron chi connectivity index (χ1n) is 10.1. The standard InChI is InChI=1S/C22H35NO3.ClH/c1-5-23(6-2)15-16-26-21(24)22(25,19-12-8-7-9-13-19)20-14-10-11-17(3)18(20)4;/h10-11,14,19,25H,5-9,12-13,15-16H2,1-4H3;1H. The molecule has 0 radical (unpaired) electrons. The van der Waals surface area contributed by atoms with Crippen molar-refractivity contribution in [2.75, 3.05) is 26.2 Å². The topological polar surface area (TPSA) is 49.8 Å². The van der Waals surface area contributed by atoms with E-state index in [9.17, 15) is 9.90 Å².